The molecule has 0 radical (unpaired) electrons. The number of methoxy groups -OCH3 is 1. The van der Waals surface area contributed by atoms with E-state index < -0.39 is 42.3 Å². The lowest BCUT2D eigenvalue weighted by atomic mass is 9.53. The van der Waals surface area contributed by atoms with Gasteiger partial charge in [-0.2, -0.15) is 0 Å². The predicted molar refractivity (Wildman–Crippen MR) is 82.5 cm³/mol. The lowest BCUT2D eigenvalue weighted by Gasteiger charge is -2.56. The monoisotopic (exact) mass is 307 g/mol. The first-order valence-corrected chi connectivity index (χ1v) is 7.47. The van der Waals surface area contributed by atoms with Crippen molar-refractivity contribution in [3.8, 4) is 11.5 Å². The lowest BCUT2D eigenvalue weighted by Crippen LogP contribution is -2.64. The van der Waals surface area contributed by atoms with E-state index in [9.17, 15) is 2.74 Å². The van der Waals surface area contributed by atoms with Gasteiger partial charge in [-0.15, -0.1) is 0 Å². The molecule has 1 saturated heterocycles. The molecule has 2 aliphatic carbocycles. The molecule has 4 nitrogen and oxygen atoms in total. The standard InChI is InChI=1S/C18H21NO3/c1-19-8-7-18-11-4-5-13(20)17(18)22-16-14(21-2)6-3-10(15(16)18)9-12(11)19/h3-6,11-13,17,20H,7-9H2,1-2H3/t11-,12+,13?,17?,18-/m0/s1/i2D3,3D,6D,11D,17D,20D. The summed E-state index contributed by atoms with van der Waals surface area (Å²) in [7, 11) is -0.998. The van der Waals surface area contributed by atoms with Crippen molar-refractivity contribution in [2.24, 2.45) is 5.89 Å². The third kappa shape index (κ3) is 1.28. The highest BCUT2D eigenvalue weighted by molar-refractivity contribution is 5.62. The molecule has 5 atom stereocenters. The molecule has 0 saturated carbocycles. The molecule has 0 amide bonds. The molecule has 2 aliphatic heterocycles. The molecule has 4 aliphatic rings. The largest absolute Gasteiger partial charge is 0.493 e. The Hall–Kier alpha value is -1.52. The summed E-state index contributed by atoms with van der Waals surface area (Å²) >= 11 is 0. The minimum absolute atomic E-state index is 0.0810. The smallest absolute Gasteiger partial charge is 0.211 e. The fourth-order valence-electron chi connectivity index (χ4n) is 4.59. The van der Waals surface area contributed by atoms with Crippen molar-refractivity contribution in [1.29, 1.82) is 1.43 Å². The van der Waals surface area contributed by atoms with Crippen LogP contribution in [-0.2, 0) is 11.8 Å². The third-order valence-electron chi connectivity index (χ3n) is 5.55. The maximum atomic E-state index is 9.47. The highest BCUT2D eigenvalue weighted by Crippen LogP contribution is 2.62. The topological polar surface area (TPSA) is 41.9 Å². The van der Waals surface area contributed by atoms with Crippen LogP contribution in [0.4, 0.5) is 0 Å². The highest BCUT2D eigenvalue weighted by atomic mass is 16.5. The third-order valence-corrected chi connectivity index (χ3v) is 5.55. The van der Waals surface area contributed by atoms with Crippen LogP contribution < -0.4 is 9.47 Å². The number of nitrogens with zero attached hydrogens (tertiary/aromatic N) is 1. The van der Waals surface area contributed by atoms with Crippen molar-refractivity contribution in [3.05, 3.63) is 35.4 Å². The summed E-state index contributed by atoms with van der Waals surface area (Å²) in [5.41, 5.74) is -0.430. The summed E-state index contributed by atoms with van der Waals surface area (Å²) in [4.78, 5) is 2.02. The van der Waals surface area contributed by atoms with Crippen LogP contribution in [0.1, 0.15) is 27.1 Å². The Morgan fingerprint density at radius 2 is 2.55 bits per heavy atom. The van der Waals surface area contributed by atoms with Gasteiger partial charge in [0.05, 0.1) is 15.3 Å². The van der Waals surface area contributed by atoms with E-state index in [1.807, 2.05) is 11.9 Å². The number of hydrogen-bond acceptors (Lipinski definition) is 4. The molecule has 1 aromatic carbocycles. The van der Waals surface area contributed by atoms with E-state index in [2.05, 4.69) is 0 Å². The number of aliphatic hydroxyl groups is 1. The number of likely N-dealkylation sites (N-methyl/N-ethyl adjacent to an activating group) is 1. The van der Waals surface area contributed by atoms with Crippen LogP contribution in [0.2, 0.25) is 0 Å². The van der Waals surface area contributed by atoms with Crippen LogP contribution in [0.3, 0.4) is 0 Å². The maximum Gasteiger partial charge on any atom is 0.211 e. The lowest BCUT2D eigenvalue weighted by molar-refractivity contribution is -0.0453. The second kappa shape index (κ2) is 4.06. The minimum atomic E-state index is -2.89. The van der Waals surface area contributed by atoms with Gasteiger partial charge in [-0.25, -0.2) is 0 Å². The fraction of sp³-hybridized carbons (Fsp3) is 0.556. The number of piperidine rings is 1. The first kappa shape index (κ1) is 7.37. The van der Waals surface area contributed by atoms with E-state index in [0.717, 1.165) is 0 Å². The fourth-order valence-corrected chi connectivity index (χ4v) is 4.59. The van der Waals surface area contributed by atoms with E-state index in [1.54, 1.807) is 6.08 Å². The predicted octanol–water partition coefficient (Wildman–Crippen LogP) is 1.50. The van der Waals surface area contributed by atoms with Gasteiger partial charge in [-0.3, -0.25) is 0 Å². The van der Waals surface area contributed by atoms with E-state index in [-0.39, 0.29) is 17.8 Å². The molecule has 2 bridgehead atoms. The van der Waals surface area contributed by atoms with E-state index >= 15 is 0 Å². The average molecular weight is 307 g/mol. The zero-order chi connectivity index (χ0) is 21.9. The van der Waals surface area contributed by atoms with Crippen LogP contribution in [0.15, 0.2) is 24.2 Å². The van der Waals surface area contributed by atoms with Gasteiger partial charge in [0, 0.05) is 24.3 Å². The first-order valence-electron chi connectivity index (χ1n) is 11.4. The molecular weight excluding hydrogens is 278 g/mol. The molecular formula is C18H21NO3. The molecule has 0 aromatic heterocycles. The molecule has 2 unspecified atom stereocenters. The minimum Gasteiger partial charge on any atom is -0.493 e. The van der Waals surface area contributed by atoms with E-state index in [1.165, 1.54) is 6.08 Å². The number of ether oxygens (including phenoxy) is 2. The van der Waals surface area contributed by atoms with Crippen LogP contribution in [-0.4, -0.2) is 50.3 Å². The van der Waals surface area contributed by atoms with Gasteiger partial charge in [0.2, 0.25) is 1.43 Å². The van der Waals surface area contributed by atoms with Crippen LogP contribution in [0, 0.1) is 5.89 Å². The molecule has 1 N–H and O–H groups in total. The normalized spacial score (nSPS) is 53.5. The second-order valence-electron chi connectivity index (χ2n) is 6.42. The zero-order valence-electron chi connectivity index (χ0n) is 20.1. The Morgan fingerprint density at radius 3 is 3.41 bits per heavy atom. The Balaban J connectivity index is 1.89. The highest BCUT2D eigenvalue weighted by Gasteiger charge is 2.64. The van der Waals surface area contributed by atoms with Gasteiger partial charge in [0.15, 0.2) is 11.5 Å². The molecule has 22 heavy (non-hydrogen) atoms. The van der Waals surface area contributed by atoms with Gasteiger partial charge < -0.3 is 19.5 Å². The van der Waals surface area contributed by atoms with Gasteiger partial charge in [-0.05, 0) is 38.0 Å². The van der Waals surface area contributed by atoms with E-state index in [0.29, 0.717) is 30.5 Å². The number of likely N-dealkylation sites (tertiary alicyclic amines) is 1. The molecule has 1 fully saturated rings. The van der Waals surface area contributed by atoms with Crippen molar-refractivity contribution in [2.45, 2.75) is 36.5 Å². The zero-order valence-corrected chi connectivity index (χ0v) is 12.1. The molecule has 1 aromatic rings. The summed E-state index contributed by atoms with van der Waals surface area (Å²) in [5, 5.41) is 4.82. The second-order valence-corrected chi connectivity index (χ2v) is 6.42. The van der Waals surface area contributed by atoms with E-state index in [4.69, 9.17) is 22.9 Å². The van der Waals surface area contributed by atoms with Crippen molar-refractivity contribution < 1.29 is 24.2 Å². The van der Waals surface area contributed by atoms with Crippen molar-refractivity contribution in [1.82, 2.24) is 4.90 Å². The van der Waals surface area contributed by atoms with Gasteiger partial charge >= 0.3 is 0 Å². The number of hydrogen-bond donors (Lipinski definition) is 1. The van der Waals surface area contributed by atoms with Gasteiger partial charge in [0.25, 0.3) is 0 Å². The van der Waals surface area contributed by atoms with Crippen molar-refractivity contribution >= 4 is 0 Å². The Kier molecular flexibility index (Phi) is 1.36. The number of aliphatic hydroxyl groups excluding tert-OH is 1. The Labute approximate surface area is 141 Å². The number of benzene rings is 1. The van der Waals surface area contributed by atoms with Crippen LogP contribution in [0.5, 0.6) is 11.5 Å². The average Bonchev–Trinajstić information content (AvgIpc) is 2.92. The van der Waals surface area contributed by atoms with Crippen LogP contribution >= 0.6 is 0 Å². The Bertz CT molecular complexity index is 983. The maximum absolute atomic E-state index is 9.47. The molecule has 5 rings (SSSR count). The van der Waals surface area contributed by atoms with Crippen LogP contribution in [0.25, 0.3) is 0 Å². The number of rotatable bonds is 2. The SMILES string of the molecule is [2H]OC1C=C[C@@]2([2H])[C@H]3Cc4c([2H])c([2H])c(OC([2H])([2H])[2H])c5c4[C@@]2(CCN3C)C1([2H])O5. The summed E-state index contributed by atoms with van der Waals surface area (Å²) in [5.74, 6) is -1.82. The Morgan fingerprint density at radius 1 is 1.59 bits per heavy atom. The summed E-state index contributed by atoms with van der Waals surface area (Å²) in [6.45, 7) is 0.554. The molecule has 1 spiro atoms. The quantitative estimate of drug-likeness (QED) is 0.841. The van der Waals surface area contributed by atoms with Crippen molar-refractivity contribution in [3.63, 3.8) is 0 Å². The van der Waals surface area contributed by atoms with Gasteiger partial charge in [-0.1, -0.05) is 18.2 Å². The van der Waals surface area contributed by atoms with Gasteiger partial charge in [0.1, 0.15) is 12.2 Å². The molecule has 116 valence electrons. The summed E-state index contributed by atoms with van der Waals surface area (Å²) in [6.07, 6.45) is 0.683. The summed E-state index contributed by atoms with van der Waals surface area (Å²) < 4.78 is 76.8. The molecule has 4 heteroatoms. The molecule has 2 heterocycles. The first-order chi connectivity index (χ1) is 13.9. The van der Waals surface area contributed by atoms with Crippen molar-refractivity contribution in [2.75, 3.05) is 20.6 Å². The summed E-state index contributed by atoms with van der Waals surface area (Å²) in [6, 6.07) is -0.979.